The minimum atomic E-state index is -0.453. The minimum Gasteiger partial charge on any atom is -0.459 e. The molecule has 1 aromatic rings. The maximum absolute atomic E-state index is 12.9. The fourth-order valence-corrected chi connectivity index (χ4v) is 3.26. The van der Waals surface area contributed by atoms with Gasteiger partial charge in [0.2, 0.25) is 0 Å². The molecule has 0 aliphatic carbocycles. The zero-order valence-corrected chi connectivity index (χ0v) is 18.2. The van der Waals surface area contributed by atoms with E-state index < -0.39 is 11.9 Å². The molecule has 0 saturated heterocycles. The summed E-state index contributed by atoms with van der Waals surface area (Å²) in [7, 11) is 0. The van der Waals surface area contributed by atoms with Crippen LogP contribution in [-0.2, 0) is 15.9 Å². The average molecular weight is 377 g/mol. The third kappa shape index (κ3) is 6.08. The molecule has 0 spiro atoms. The van der Waals surface area contributed by atoms with Crippen molar-refractivity contribution in [1.29, 1.82) is 0 Å². The van der Waals surface area contributed by atoms with Crippen LogP contribution in [0.4, 0.5) is 0 Å². The second-order valence-corrected chi connectivity index (χ2v) is 7.87. The molecule has 1 rings (SSSR count). The van der Waals surface area contributed by atoms with Crippen LogP contribution in [0.1, 0.15) is 93.2 Å². The molecule has 0 aliphatic rings. The Morgan fingerprint density at radius 1 is 0.815 bits per heavy atom. The topological polar surface area (TPSA) is 52.6 Å². The molecule has 2 unspecified atom stereocenters. The lowest BCUT2D eigenvalue weighted by atomic mass is 9.97. The first-order valence-electron chi connectivity index (χ1n) is 10.2. The molecular weight excluding hydrogens is 340 g/mol. The summed E-state index contributed by atoms with van der Waals surface area (Å²) in [5.41, 5.74) is 2.62. The van der Waals surface area contributed by atoms with E-state index >= 15 is 0 Å². The predicted molar refractivity (Wildman–Crippen MR) is 109 cm³/mol. The molecule has 4 nitrogen and oxygen atoms in total. The van der Waals surface area contributed by atoms with Crippen LogP contribution in [0.5, 0.6) is 0 Å². The van der Waals surface area contributed by atoms with Gasteiger partial charge in [-0.2, -0.15) is 0 Å². The molecule has 0 saturated carbocycles. The van der Waals surface area contributed by atoms with Gasteiger partial charge in [-0.05, 0) is 61.3 Å². The van der Waals surface area contributed by atoms with E-state index in [9.17, 15) is 9.59 Å². The molecule has 0 heterocycles. The lowest BCUT2D eigenvalue weighted by Crippen LogP contribution is -2.27. The molecule has 0 bridgehead atoms. The van der Waals surface area contributed by atoms with Crippen molar-refractivity contribution in [1.82, 2.24) is 0 Å². The molecule has 27 heavy (non-hydrogen) atoms. The number of carbonyl (C=O) groups excluding carboxylic acids is 2. The molecule has 0 fully saturated rings. The van der Waals surface area contributed by atoms with Gasteiger partial charge in [0.1, 0.15) is 12.2 Å². The van der Waals surface area contributed by atoms with Crippen molar-refractivity contribution in [3.05, 3.63) is 34.4 Å². The van der Waals surface area contributed by atoms with Gasteiger partial charge in [-0.1, -0.05) is 48.5 Å². The Morgan fingerprint density at radius 3 is 1.56 bits per heavy atom. The summed E-state index contributed by atoms with van der Waals surface area (Å²) in [4.78, 5) is 25.7. The van der Waals surface area contributed by atoms with E-state index in [2.05, 4.69) is 0 Å². The van der Waals surface area contributed by atoms with Crippen LogP contribution in [0.15, 0.2) is 12.1 Å². The van der Waals surface area contributed by atoms with Gasteiger partial charge in [-0.25, -0.2) is 9.59 Å². The van der Waals surface area contributed by atoms with Crippen molar-refractivity contribution in [2.75, 3.05) is 0 Å². The van der Waals surface area contributed by atoms with Gasteiger partial charge < -0.3 is 9.47 Å². The molecule has 0 aromatic heterocycles. The summed E-state index contributed by atoms with van der Waals surface area (Å²) in [6.45, 7) is 16.1. The van der Waals surface area contributed by atoms with Crippen LogP contribution in [0.25, 0.3) is 0 Å². The van der Waals surface area contributed by atoms with Gasteiger partial charge in [0.15, 0.2) is 0 Å². The highest BCUT2D eigenvalue weighted by Gasteiger charge is 2.26. The first kappa shape index (κ1) is 23.2. The van der Waals surface area contributed by atoms with E-state index in [0.717, 1.165) is 30.4 Å². The van der Waals surface area contributed by atoms with Crippen LogP contribution in [0, 0.1) is 18.8 Å². The molecule has 0 radical (unpaired) electrons. The summed E-state index contributed by atoms with van der Waals surface area (Å²) in [6.07, 6.45) is 1.91. The Labute approximate surface area is 164 Å². The fourth-order valence-electron chi connectivity index (χ4n) is 3.26. The van der Waals surface area contributed by atoms with Gasteiger partial charge >= 0.3 is 11.9 Å². The Kier molecular flexibility index (Phi) is 9.01. The number of ether oxygens (including phenoxy) is 2. The maximum atomic E-state index is 12.9. The molecule has 0 N–H and O–H groups in total. The van der Waals surface area contributed by atoms with Crippen LogP contribution < -0.4 is 0 Å². The second kappa shape index (κ2) is 10.5. The van der Waals surface area contributed by atoms with Gasteiger partial charge in [-0.15, -0.1) is 0 Å². The first-order chi connectivity index (χ1) is 12.7. The number of esters is 2. The van der Waals surface area contributed by atoms with Crippen LogP contribution >= 0.6 is 0 Å². The molecule has 1 aromatic carbocycles. The number of rotatable bonds is 9. The fraction of sp³-hybridized carbons (Fsp3) is 0.652. The Balaban J connectivity index is 3.28. The van der Waals surface area contributed by atoms with Crippen molar-refractivity contribution >= 4 is 11.9 Å². The highest BCUT2D eigenvalue weighted by Crippen LogP contribution is 2.23. The second-order valence-electron chi connectivity index (χ2n) is 7.87. The van der Waals surface area contributed by atoms with Crippen LogP contribution in [0.2, 0.25) is 0 Å². The highest BCUT2D eigenvalue weighted by molar-refractivity contribution is 6.03. The monoisotopic (exact) mass is 376 g/mol. The quantitative estimate of drug-likeness (QED) is 0.516. The van der Waals surface area contributed by atoms with Gasteiger partial charge in [-0.3, -0.25) is 0 Å². The van der Waals surface area contributed by atoms with E-state index in [1.54, 1.807) is 12.1 Å². The Morgan fingerprint density at radius 2 is 1.22 bits per heavy atom. The zero-order valence-electron chi connectivity index (χ0n) is 18.2. The van der Waals surface area contributed by atoms with Crippen LogP contribution in [0.3, 0.4) is 0 Å². The third-order valence-corrected chi connectivity index (χ3v) is 5.11. The molecule has 0 amide bonds. The largest absolute Gasteiger partial charge is 0.459 e. The van der Waals surface area contributed by atoms with Crippen molar-refractivity contribution in [2.24, 2.45) is 11.8 Å². The van der Waals surface area contributed by atoms with Crippen molar-refractivity contribution < 1.29 is 19.1 Å². The SMILES string of the molecule is CCc1cc(C(=O)OC(CC)C(C)C)c(C(=O)OC(CC)C(C)C)cc1C. The molecule has 0 aliphatic heterocycles. The number of benzene rings is 1. The molecule has 4 heteroatoms. The first-order valence-corrected chi connectivity index (χ1v) is 10.2. The number of hydrogen-bond acceptors (Lipinski definition) is 4. The number of carbonyl (C=O) groups is 2. The maximum Gasteiger partial charge on any atom is 0.339 e. The Bertz CT molecular complexity index is 646. The van der Waals surface area contributed by atoms with E-state index in [1.807, 2.05) is 55.4 Å². The minimum absolute atomic E-state index is 0.174. The highest BCUT2D eigenvalue weighted by atomic mass is 16.6. The lowest BCUT2D eigenvalue weighted by Gasteiger charge is -2.23. The summed E-state index contributed by atoms with van der Waals surface area (Å²) < 4.78 is 11.4. The standard InChI is InChI=1S/C23H36O4/c1-9-17-13-19(23(25)27-21(11-3)15(6)7)18(12-16(17)8)22(24)26-20(10-2)14(4)5/h12-15,20-21H,9-11H2,1-8H3. The summed E-state index contributed by atoms with van der Waals surface area (Å²) in [5, 5.41) is 0. The Hall–Kier alpha value is -1.84. The molecule has 2 atom stereocenters. The number of aryl methyl sites for hydroxylation is 2. The van der Waals surface area contributed by atoms with Crippen LogP contribution in [-0.4, -0.2) is 24.1 Å². The predicted octanol–water partition coefficient (Wildman–Crippen LogP) is 5.74. The van der Waals surface area contributed by atoms with E-state index in [0.29, 0.717) is 11.1 Å². The summed E-state index contributed by atoms with van der Waals surface area (Å²) >= 11 is 0. The summed E-state index contributed by atoms with van der Waals surface area (Å²) in [5.74, 6) is -0.465. The van der Waals surface area contributed by atoms with E-state index in [1.165, 1.54) is 0 Å². The normalized spacial score (nSPS) is 13.6. The van der Waals surface area contributed by atoms with Crippen molar-refractivity contribution in [2.45, 2.75) is 86.9 Å². The zero-order chi connectivity index (χ0) is 20.7. The van der Waals surface area contributed by atoms with Crippen molar-refractivity contribution in [3.63, 3.8) is 0 Å². The third-order valence-electron chi connectivity index (χ3n) is 5.11. The van der Waals surface area contributed by atoms with E-state index in [-0.39, 0.29) is 24.0 Å². The van der Waals surface area contributed by atoms with Gasteiger partial charge in [0.05, 0.1) is 11.1 Å². The molecular formula is C23H36O4. The average Bonchev–Trinajstić information content (AvgIpc) is 2.62. The van der Waals surface area contributed by atoms with Crippen molar-refractivity contribution in [3.8, 4) is 0 Å². The summed E-state index contributed by atoms with van der Waals surface area (Å²) in [6, 6.07) is 3.55. The van der Waals surface area contributed by atoms with E-state index in [4.69, 9.17) is 9.47 Å². The lowest BCUT2D eigenvalue weighted by molar-refractivity contribution is 0.0127. The number of hydrogen-bond donors (Lipinski definition) is 0. The molecule has 152 valence electrons. The smallest absolute Gasteiger partial charge is 0.339 e. The van der Waals surface area contributed by atoms with Gasteiger partial charge in [0, 0.05) is 0 Å². The van der Waals surface area contributed by atoms with Gasteiger partial charge in [0.25, 0.3) is 0 Å².